The summed E-state index contributed by atoms with van der Waals surface area (Å²) >= 11 is 0. The number of anilines is 1. The maximum absolute atomic E-state index is 12.2. The van der Waals surface area contributed by atoms with Gasteiger partial charge in [-0.05, 0) is 48.5 Å². The molecule has 152 valence electrons. The number of carbonyl (C=O) groups excluding carboxylic acids is 2. The molecule has 0 spiro atoms. The molecule has 4 rings (SSSR count). The largest absolute Gasteiger partial charge is 0.485 e. The van der Waals surface area contributed by atoms with Crippen molar-refractivity contribution < 1.29 is 28.5 Å². The number of para-hydroxylation sites is 3. The molecule has 0 unspecified atom stereocenters. The van der Waals surface area contributed by atoms with Crippen LogP contribution in [0.4, 0.5) is 5.69 Å². The average molecular weight is 405 g/mol. The summed E-state index contributed by atoms with van der Waals surface area (Å²) in [5.41, 5.74) is 0.558. The second-order valence-corrected chi connectivity index (χ2v) is 6.46. The summed E-state index contributed by atoms with van der Waals surface area (Å²) in [6.07, 6.45) is -0.915. The summed E-state index contributed by atoms with van der Waals surface area (Å²) in [7, 11) is 0. The van der Waals surface area contributed by atoms with Crippen molar-refractivity contribution in [2.45, 2.75) is 6.10 Å². The highest BCUT2D eigenvalue weighted by atomic mass is 16.6. The fourth-order valence-electron chi connectivity index (χ4n) is 2.79. The number of nitrogens with one attached hydrogen (secondary N) is 1. The van der Waals surface area contributed by atoms with E-state index in [0.717, 1.165) is 5.75 Å². The van der Waals surface area contributed by atoms with Crippen molar-refractivity contribution in [3.63, 3.8) is 0 Å². The molecule has 0 bridgehead atoms. The van der Waals surface area contributed by atoms with E-state index in [1.54, 1.807) is 42.5 Å². The van der Waals surface area contributed by atoms with Gasteiger partial charge in [0.15, 0.2) is 18.1 Å². The minimum absolute atomic E-state index is 0.0281. The Kier molecular flexibility index (Phi) is 5.80. The van der Waals surface area contributed by atoms with Gasteiger partial charge in [0.25, 0.3) is 5.91 Å². The fourth-order valence-corrected chi connectivity index (χ4v) is 2.79. The van der Waals surface area contributed by atoms with Crippen molar-refractivity contribution in [3.05, 3.63) is 78.9 Å². The minimum Gasteiger partial charge on any atom is -0.485 e. The van der Waals surface area contributed by atoms with Crippen LogP contribution in [0, 0.1) is 0 Å². The number of hydrogen-bond donors (Lipinski definition) is 1. The predicted molar refractivity (Wildman–Crippen MR) is 109 cm³/mol. The van der Waals surface area contributed by atoms with E-state index >= 15 is 0 Å². The van der Waals surface area contributed by atoms with Gasteiger partial charge < -0.3 is 24.3 Å². The Morgan fingerprint density at radius 2 is 1.53 bits per heavy atom. The smallest absolute Gasteiger partial charge is 0.351 e. The van der Waals surface area contributed by atoms with Gasteiger partial charge in [0.2, 0.25) is 6.10 Å². The third-order valence-electron chi connectivity index (χ3n) is 4.23. The van der Waals surface area contributed by atoms with Gasteiger partial charge in [0, 0.05) is 5.69 Å². The highest BCUT2D eigenvalue weighted by Crippen LogP contribution is 2.31. The van der Waals surface area contributed by atoms with E-state index in [0.29, 0.717) is 22.9 Å². The molecule has 1 amide bonds. The zero-order chi connectivity index (χ0) is 20.8. The van der Waals surface area contributed by atoms with Gasteiger partial charge in [0.1, 0.15) is 18.1 Å². The molecule has 0 radical (unpaired) electrons. The lowest BCUT2D eigenvalue weighted by Gasteiger charge is -2.24. The van der Waals surface area contributed by atoms with Crippen molar-refractivity contribution in [2.24, 2.45) is 0 Å². The topological polar surface area (TPSA) is 83.1 Å². The minimum atomic E-state index is -0.915. The number of esters is 1. The monoisotopic (exact) mass is 405 g/mol. The predicted octanol–water partition coefficient (Wildman–Crippen LogP) is 3.80. The second kappa shape index (κ2) is 9.00. The molecule has 30 heavy (non-hydrogen) atoms. The van der Waals surface area contributed by atoms with Gasteiger partial charge in [-0.15, -0.1) is 0 Å². The number of carbonyl (C=O) groups is 2. The SMILES string of the molecule is O=C(COC(=O)[C@H]1COc2ccccc2O1)Nc1ccc(Oc2ccccc2)cc1. The van der Waals surface area contributed by atoms with E-state index in [9.17, 15) is 9.59 Å². The van der Waals surface area contributed by atoms with Crippen molar-refractivity contribution in [2.75, 3.05) is 18.5 Å². The lowest BCUT2D eigenvalue weighted by atomic mass is 10.2. The first-order chi connectivity index (χ1) is 14.7. The van der Waals surface area contributed by atoms with Gasteiger partial charge in [-0.2, -0.15) is 0 Å². The molecule has 3 aromatic rings. The van der Waals surface area contributed by atoms with E-state index < -0.39 is 24.6 Å². The maximum Gasteiger partial charge on any atom is 0.351 e. The van der Waals surface area contributed by atoms with Gasteiger partial charge in [-0.25, -0.2) is 4.79 Å². The summed E-state index contributed by atoms with van der Waals surface area (Å²) in [5, 5.41) is 2.66. The zero-order valence-corrected chi connectivity index (χ0v) is 15.9. The van der Waals surface area contributed by atoms with Gasteiger partial charge in [-0.3, -0.25) is 4.79 Å². The average Bonchev–Trinajstić information content (AvgIpc) is 2.79. The third-order valence-corrected chi connectivity index (χ3v) is 4.23. The molecule has 0 aliphatic carbocycles. The molecule has 7 nitrogen and oxygen atoms in total. The Balaban J connectivity index is 1.24. The molecule has 0 aromatic heterocycles. The molecule has 0 saturated carbocycles. The number of benzene rings is 3. The molecular weight excluding hydrogens is 386 g/mol. The number of fused-ring (bicyclic) bond motifs is 1. The number of rotatable bonds is 6. The molecule has 0 saturated heterocycles. The van der Waals surface area contributed by atoms with Crippen LogP contribution in [0.2, 0.25) is 0 Å². The third kappa shape index (κ3) is 4.88. The Bertz CT molecular complexity index is 1020. The molecule has 1 aliphatic heterocycles. The molecule has 1 atom stereocenters. The highest BCUT2D eigenvalue weighted by Gasteiger charge is 2.29. The van der Waals surface area contributed by atoms with Crippen LogP contribution in [0.15, 0.2) is 78.9 Å². The first-order valence-electron chi connectivity index (χ1n) is 9.35. The molecule has 3 aromatic carbocycles. The van der Waals surface area contributed by atoms with Crippen LogP contribution >= 0.6 is 0 Å². The number of ether oxygens (including phenoxy) is 4. The van der Waals surface area contributed by atoms with Crippen molar-refractivity contribution in [1.82, 2.24) is 0 Å². The Hall–Kier alpha value is -4.00. The van der Waals surface area contributed by atoms with Crippen molar-refractivity contribution in [3.8, 4) is 23.0 Å². The summed E-state index contributed by atoms with van der Waals surface area (Å²) < 4.78 is 21.8. The van der Waals surface area contributed by atoms with Crippen LogP contribution in [0.5, 0.6) is 23.0 Å². The molecule has 7 heteroatoms. The first kappa shape index (κ1) is 19.3. The van der Waals surface area contributed by atoms with Crippen LogP contribution in [-0.4, -0.2) is 31.2 Å². The summed E-state index contributed by atoms with van der Waals surface area (Å²) in [5.74, 6) is 1.27. The van der Waals surface area contributed by atoms with Crippen LogP contribution in [-0.2, 0) is 14.3 Å². The summed E-state index contributed by atoms with van der Waals surface area (Å²) in [6.45, 7) is -0.400. The van der Waals surface area contributed by atoms with Crippen LogP contribution in [0.3, 0.4) is 0 Å². The van der Waals surface area contributed by atoms with Crippen LogP contribution in [0.25, 0.3) is 0 Å². The normalized spacial score (nSPS) is 14.5. The standard InChI is InChI=1S/C23H19NO6/c25-22(15-28-23(26)21-14-27-19-8-4-5-9-20(19)30-21)24-16-10-12-18(13-11-16)29-17-6-2-1-3-7-17/h1-13,21H,14-15H2,(H,24,25)/t21-/m1/s1. The number of amides is 1. The Morgan fingerprint density at radius 3 is 2.30 bits per heavy atom. The van der Waals surface area contributed by atoms with Crippen LogP contribution < -0.4 is 19.5 Å². The van der Waals surface area contributed by atoms with E-state index in [-0.39, 0.29) is 6.61 Å². The Labute approximate surface area is 173 Å². The lowest BCUT2D eigenvalue weighted by Crippen LogP contribution is -2.39. The maximum atomic E-state index is 12.2. The van der Waals surface area contributed by atoms with Crippen molar-refractivity contribution >= 4 is 17.6 Å². The quantitative estimate of drug-likeness (QED) is 0.628. The van der Waals surface area contributed by atoms with E-state index in [1.165, 1.54) is 0 Å². The Morgan fingerprint density at radius 1 is 0.867 bits per heavy atom. The first-order valence-corrected chi connectivity index (χ1v) is 9.35. The number of hydrogen-bond acceptors (Lipinski definition) is 6. The second-order valence-electron chi connectivity index (χ2n) is 6.46. The molecular formula is C23H19NO6. The fraction of sp³-hybridized carbons (Fsp3) is 0.130. The molecule has 1 heterocycles. The summed E-state index contributed by atoms with van der Waals surface area (Å²) in [6, 6.07) is 23.3. The van der Waals surface area contributed by atoms with Gasteiger partial charge in [0.05, 0.1) is 0 Å². The summed E-state index contributed by atoms with van der Waals surface area (Å²) in [4.78, 5) is 24.2. The van der Waals surface area contributed by atoms with Gasteiger partial charge in [-0.1, -0.05) is 30.3 Å². The molecule has 0 fully saturated rings. The lowest BCUT2D eigenvalue weighted by molar-refractivity contribution is -0.156. The van der Waals surface area contributed by atoms with Crippen molar-refractivity contribution in [1.29, 1.82) is 0 Å². The zero-order valence-electron chi connectivity index (χ0n) is 15.9. The molecule has 1 aliphatic rings. The van der Waals surface area contributed by atoms with E-state index in [4.69, 9.17) is 18.9 Å². The highest BCUT2D eigenvalue weighted by molar-refractivity contribution is 5.93. The van der Waals surface area contributed by atoms with E-state index in [1.807, 2.05) is 36.4 Å². The molecule has 1 N–H and O–H groups in total. The van der Waals surface area contributed by atoms with Gasteiger partial charge >= 0.3 is 5.97 Å². The van der Waals surface area contributed by atoms with Crippen LogP contribution in [0.1, 0.15) is 0 Å². The van der Waals surface area contributed by atoms with E-state index in [2.05, 4.69) is 5.32 Å².